The maximum atomic E-state index is 11.1. The van der Waals surface area contributed by atoms with Gasteiger partial charge in [0, 0.05) is 17.1 Å². The third-order valence-corrected chi connectivity index (χ3v) is 4.64. The van der Waals surface area contributed by atoms with Gasteiger partial charge in [0.1, 0.15) is 0 Å². The van der Waals surface area contributed by atoms with Crippen molar-refractivity contribution in [1.29, 1.82) is 0 Å². The molecule has 0 aliphatic rings. The highest BCUT2D eigenvalue weighted by Crippen LogP contribution is 2.19. The number of thioether (sulfide) groups is 1. The Bertz CT molecular complexity index is 145. The molecule has 0 N–H and O–H groups in total. The molecule has 0 bridgehead atoms. The summed E-state index contributed by atoms with van der Waals surface area (Å²) in [7, 11) is -0.710. The molecule has 66 valence electrons. The summed E-state index contributed by atoms with van der Waals surface area (Å²) >= 11 is 1.67. The zero-order valence-corrected chi connectivity index (χ0v) is 9.00. The van der Waals surface area contributed by atoms with Crippen LogP contribution >= 0.6 is 11.8 Å². The number of hydrogen-bond donors (Lipinski definition) is 0. The molecule has 0 rings (SSSR count). The first-order valence-corrected chi connectivity index (χ1v) is 6.50. The Hall–Kier alpha value is 0.240. The van der Waals surface area contributed by atoms with Gasteiger partial charge in [-0.05, 0) is 18.6 Å². The predicted octanol–water partition coefficient (Wildman–Crippen LogP) is 2.27. The fourth-order valence-corrected chi connectivity index (χ4v) is 2.92. The Kier molecular flexibility index (Phi) is 5.96. The lowest BCUT2D eigenvalue weighted by molar-refractivity contribution is 0.656. The average molecular weight is 192 g/mol. The van der Waals surface area contributed by atoms with Crippen molar-refractivity contribution in [1.82, 2.24) is 0 Å². The normalized spacial score (nSPS) is 18.8. The first-order chi connectivity index (χ1) is 5.11. The van der Waals surface area contributed by atoms with E-state index in [1.165, 1.54) is 0 Å². The van der Waals surface area contributed by atoms with Crippen LogP contribution in [0, 0.1) is 5.92 Å². The van der Waals surface area contributed by atoms with E-state index in [9.17, 15) is 4.21 Å². The van der Waals surface area contributed by atoms with Gasteiger partial charge in [-0.3, -0.25) is 4.21 Å². The molecular weight excluding hydrogens is 176 g/mol. The molecular formula is C8H16OS2. The molecule has 0 spiro atoms. The van der Waals surface area contributed by atoms with Gasteiger partial charge in [-0.1, -0.05) is 13.0 Å². The zero-order chi connectivity index (χ0) is 8.85. The van der Waals surface area contributed by atoms with Crippen LogP contribution < -0.4 is 0 Å². The number of hydrogen-bond acceptors (Lipinski definition) is 2. The van der Waals surface area contributed by atoms with Crippen molar-refractivity contribution in [3.8, 4) is 0 Å². The largest absolute Gasteiger partial charge is 0.259 e. The van der Waals surface area contributed by atoms with Gasteiger partial charge in [-0.15, -0.1) is 18.3 Å². The first-order valence-electron chi connectivity index (χ1n) is 3.59. The molecule has 3 atom stereocenters. The first kappa shape index (κ1) is 11.2. The van der Waals surface area contributed by atoms with E-state index >= 15 is 0 Å². The third-order valence-electron chi connectivity index (χ3n) is 1.60. The summed E-state index contributed by atoms with van der Waals surface area (Å²) in [5, 5.41) is 0. The van der Waals surface area contributed by atoms with E-state index in [0.29, 0.717) is 5.92 Å². The van der Waals surface area contributed by atoms with Crippen molar-refractivity contribution in [3.63, 3.8) is 0 Å². The molecule has 3 heteroatoms. The molecule has 0 saturated heterocycles. The Morgan fingerprint density at radius 1 is 1.73 bits per heavy atom. The number of allylic oxidation sites excluding steroid dienone is 1. The molecule has 0 radical (unpaired) electrons. The summed E-state index contributed by atoms with van der Waals surface area (Å²) in [5.41, 5.74) is 0. The van der Waals surface area contributed by atoms with Crippen LogP contribution in [-0.4, -0.2) is 21.3 Å². The second-order valence-corrected chi connectivity index (χ2v) is 5.52. The molecule has 0 saturated carbocycles. The fourth-order valence-electron chi connectivity index (χ4n) is 0.767. The van der Waals surface area contributed by atoms with Gasteiger partial charge in [-0.25, -0.2) is 0 Å². The van der Waals surface area contributed by atoms with E-state index < -0.39 is 10.8 Å². The van der Waals surface area contributed by atoms with Gasteiger partial charge in [0.05, 0.1) is 4.58 Å². The topological polar surface area (TPSA) is 17.1 Å². The van der Waals surface area contributed by atoms with Crippen molar-refractivity contribution in [2.45, 2.75) is 17.9 Å². The van der Waals surface area contributed by atoms with Gasteiger partial charge >= 0.3 is 0 Å². The minimum Gasteiger partial charge on any atom is -0.259 e. The van der Waals surface area contributed by atoms with Crippen LogP contribution in [0.1, 0.15) is 13.3 Å². The molecule has 0 fully saturated rings. The molecule has 0 aromatic rings. The Morgan fingerprint density at radius 2 is 2.27 bits per heavy atom. The lowest BCUT2D eigenvalue weighted by Gasteiger charge is -2.13. The second-order valence-electron chi connectivity index (χ2n) is 2.61. The Balaban J connectivity index is 3.87. The quantitative estimate of drug-likeness (QED) is 0.622. The summed E-state index contributed by atoms with van der Waals surface area (Å²) in [6, 6.07) is 0. The Morgan fingerprint density at radius 3 is 2.55 bits per heavy atom. The lowest BCUT2D eigenvalue weighted by atomic mass is 10.1. The predicted molar refractivity (Wildman–Crippen MR) is 55.3 cm³/mol. The monoisotopic (exact) mass is 192 g/mol. The van der Waals surface area contributed by atoms with Crippen molar-refractivity contribution in [2.75, 3.05) is 12.5 Å². The van der Waals surface area contributed by atoms with Crippen molar-refractivity contribution in [2.24, 2.45) is 5.92 Å². The van der Waals surface area contributed by atoms with Gasteiger partial charge in [0.2, 0.25) is 0 Å². The van der Waals surface area contributed by atoms with Crippen LogP contribution in [0.2, 0.25) is 0 Å². The van der Waals surface area contributed by atoms with E-state index in [1.807, 2.05) is 12.3 Å². The van der Waals surface area contributed by atoms with E-state index in [4.69, 9.17) is 0 Å². The van der Waals surface area contributed by atoms with Crippen molar-refractivity contribution >= 4 is 22.6 Å². The van der Waals surface area contributed by atoms with E-state index in [-0.39, 0.29) is 4.58 Å². The maximum Gasteiger partial charge on any atom is 0.0801 e. The van der Waals surface area contributed by atoms with Gasteiger partial charge < -0.3 is 0 Å². The zero-order valence-electron chi connectivity index (χ0n) is 7.37. The second kappa shape index (κ2) is 5.84. The van der Waals surface area contributed by atoms with Crippen LogP contribution in [0.25, 0.3) is 0 Å². The minimum atomic E-state index is -0.710. The lowest BCUT2D eigenvalue weighted by Crippen LogP contribution is -2.12. The van der Waals surface area contributed by atoms with Gasteiger partial charge in [0.15, 0.2) is 0 Å². The molecule has 0 aliphatic carbocycles. The standard InChI is InChI=1S/C8H16OS2/c1-5-7(2)6-8(10-3)11(4)9/h5,7-8H,1,6H2,2-4H3. The molecule has 3 unspecified atom stereocenters. The highest BCUT2D eigenvalue weighted by Gasteiger charge is 2.12. The molecule has 11 heavy (non-hydrogen) atoms. The van der Waals surface area contributed by atoms with Gasteiger partial charge in [0.25, 0.3) is 0 Å². The molecule has 0 aliphatic heterocycles. The summed E-state index contributed by atoms with van der Waals surface area (Å²) in [5.74, 6) is 0.469. The molecule has 0 heterocycles. The van der Waals surface area contributed by atoms with E-state index in [1.54, 1.807) is 18.0 Å². The fraction of sp³-hybridized carbons (Fsp3) is 0.750. The minimum absolute atomic E-state index is 0.267. The molecule has 0 amide bonds. The molecule has 0 aromatic carbocycles. The van der Waals surface area contributed by atoms with Crippen LogP contribution in [0.15, 0.2) is 12.7 Å². The third kappa shape index (κ3) is 4.64. The van der Waals surface area contributed by atoms with Crippen molar-refractivity contribution in [3.05, 3.63) is 12.7 Å². The molecule has 1 nitrogen and oxygen atoms in total. The number of rotatable bonds is 5. The molecule has 0 aromatic heterocycles. The SMILES string of the molecule is C=CC(C)CC(SC)S(C)=O. The summed E-state index contributed by atoms with van der Waals surface area (Å²) in [4.78, 5) is 0. The van der Waals surface area contributed by atoms with Crippen LogP contribution in [0.5, 0.6) is 0 Å². The maximum absolute atomic E-state index is 11.1. The van der Waals surface area contributed by atoms with Gasteiger partial charge in [-0.2, -0.15) is 0 Å². The van der Waals surface area contributed by atoms with Crippen LogP contribution in [0.4, 0.5) is 0 Å². The summed E-state index contributed by atoms with van der Waals surface area (Å²) in [6.45, 7) is 5.80. The average Bonchev–Trinajstić information content (AvgIpc) is 1.99. The smallest absolute Gasteiger partial charge is 0.0801 e. The Labute approximate surface area is 76.1 Å². The van der Waals surface area contributed by atoms with Crippen molar-refractivity contribution < 1.29 is 4.21 Å². The highest BCUT2D eigenvalue weighted by atomic mass is 32.2. The van der Waals surface area contributed by atoms with E-state index in [0.717, 1.165) is 6.42 Å². The van der Waals surface area contributed by atoms with E-state index in [2.05, 4.69) is 13.5 Å². The van der Waals surface area contributed by atoms with Crippen LogP contribution in [-0.2, 0) is 10.8 Å². The van der Waals surface area contributed by atoms with Crippen LogP contribution in [0.3, 0.4) is 0 Å². The highest BCUT2D eigenvalue weighted by molar-refractivity contribution is 8.10. The summed E-state index contributed by atoms with van der Waals surface area (Å²) < 4.78 is 11.3. The summed E-state index contributed by atoms with van der Waals surface area (Å²) in [6.07, 6.45) is 6.64.